The van der Waals surface area contributed by atoms with E-state index < -0.39 is 0 Å². The monoisotopic (exact) mass is 265 g/mol. The molecule has 0 aromatic carbocycles. The molecular weight excluding hydrogens is 242 g/mol. The van der Waals surface area contributed by atoms with Crippen LogP contribution in [0.25, 0.3) is 0 Å². The van der Waals surface area contributed by atoms with Crippen molar-refractivity contribution in [1.82, 2.24) is 15.2 Å². The second kappa shape index (κ2) is 5.27. The Labute approximate surface area is 114 Å². The minimum Gasteiger partial charge on any atom is -0.312 e. The van der Waals surface area contributed by atoms with Gasteiger partial charge in [-0.1, -0.05) is 0 Å². The second-order valence-electron chi connectivity index (χ2n) is 5.73. The zero-order valence-corrected chi connectivity index (χ0v) is 12.2. The van der Waals surface area contributed by atoms with Crippen LogP contribution < -0.4 is 5.32 Å². The van der Waals surface area contributed by atoms with E-state index in [4.69, 9.17) is 0 Å². The molecule has 1 aliphatic heterocycles. The van der Waals surface area contributed by atoms with Crippen molar-refractivity contribution in [2.24, 2.45) is 5.92 Å². The minimum atomic E-state index is 0.477. The molecule has 4 heteroatoms. The van der Waals surface area contributed by atoms with Crippen molar-refractivity contribution in [1.29, 1.82) is 0 Å². The molecule has 0 bridgehead atoms. The lowest BCUT2D eigenvalue weighted by atomic mass is 10.1. The van der Waals surface area contributed by atoms with E-state index in [2.05, 4.69) is 29.0 Å². The van der Waals surface area contributed by atoms with E-state index in [1.54, 1.807) is 0 Å². The molecule has 1 aromatic rings. The highest BCUT2D eigenvalue weighted by Crippen LogP contribution is 2.35. The molecule has 18 heavy (non-hydrogen) atoms. The van der Waals surface area contributed by atoms with Gasteiger partial charge < -0.3 is 5.32 Å². The highest BCUT2D eigenvalue weighted by Gasteiger charge is 2.34. The Morgan fingerprint density at radius 3 is 3.00 bits per heavy atom. The molecule has 2 atom stereocenters. The molecule has 2 unspecified atom stereocenters. The molecule has 3 nitrogen and oxygen atoms in total. The molecule has 1 aromatic heterocycles. The van der Waals surface area contributed by atoms with Gasteiger partial charge in [0.1, 0.15) is 5.01 Å². The highest BCUT2D eigenvalue weighted by atomic mass is 32.1. The molecule has 0 spiro atoms. The first kappa shape index (κ1) is 12.6. The number of aryl methyl sites for hydroxylation is 1. The van der Waals surface area contributed by atoms with Crippen LogP contribution in [0.3, 0.4) is 0 Å². The Balaban J connectivity index is 1.69. The molecule has 2 aliphatic rings. The maximum Gasteiger partial charge on any atom is 0.110 e. The van der Waals surface area contributed by atoms with Crippen molar-refractivity contribution in [3.05, 3.63) is 16.1 Å². The van der Waals surface area contributed by atoms with E-state index in [1.165, 1.54) is 48.8 Å². The highest BCUT2D eigenvalue weighted by molar-refractivity contribution is 7.11. The predicted octanol–water partition coefficient (Wildman–Crippen LogP) is 2.59. The summed E-state index contributed by atoms with van der Waals surface area (Å²) in [6.07, 6.45) is 6.12. The molecule has 1 saturated heterocycles. The Hall–Kier alpha value is -0.450. The average molecular weight is 265 g/mol. The Bertz CT molecular complexity index is 399. The third kappa shape index (κ3) is 2.76. The second-order valence-corrected chi connectivity index (χ2v) is 7.00. The molecule has 0 amide bonds. The van der Waals surface area contributed by atoms with Gasteiger partial charge in [-0.25, -0.2) is 4.98 Å². The number of nitrogens with zero attached hydrogens (tertiary/aromatic N) is 2. The molecule has 100 valence electrons. The van der Waals surface area contributed by atoms with Crippen LogP contribution in [0.1, 0.15) is 42.1 Å². The van der Waals surface area contributed by atoms with Gasteiger partial charge in [-0.05, 0) is 45.6 Å². The lowest BCUT2D eigenvalue weighted by Gasteiger charge is -2.29. The van der Waals surface area contributed by atoms with E-state index >= 15 is 0 Å². The van der Waals surface area contributed by atoms with E-state index in [-0.39, 0.29) is 0 Å². The third-order valence-corrected chi connectivity index (χ3v) is 5.28. The van der Waals surface area contributed by atoms with Gasteiger partial charge in [0.25, 0.3) is 0 Å². The van der Waals surface area contributed by atoms with Gasteiger partial charge >= 0.3 is 0 Å². The van der Waals surface area contributed by atoms with Crippen LogP contribution in [-0.4, -0.2) is 35.6 Å². The Kier molecular flexibility index (Phi) is 3.68. The van der Waals surface area contributed by atoms with Gasteiger partial charge in [0, 0.05) is 30.2 Å². The standard InChI is InChI=1S/C14H23N3S/c1-10-8-16-14(18-10)11(2)17-7-3-6-15-13(9-17)12-4-5-12/h8,11-13,15H,3-7,9H2,1-2H3. The van der Waals surface area contributed by atoms with E-state index in [0.717, 1.165) is 12.0 Å². The summed E-state index contributed by atoms with van der Waals surface area (Å²) in [7, 11) is 0. The summed E-state index contributed by atoms with van der Waals surface area (Å²) in [5.41, 5.74) is 0. The summed E-state index contributed by atoms with van der Waals surface area (Å²) >= 11 is 1.85. The Morgan fingerprint density at radius 1 is 1.50 bits per heavy atom. The fraction of sp³-hybridized carbons (Fsp3) is 0.786. The topological polar surface area (TPSA) is 28.2 Å². The number of hydrogen-bond acceptors (Lipinski definition) is 4. The summed E-state index contributed by atoms with van der Waals surface area (Å²) in [5.74, 6) is 0.941. The zero-order valence-electron chi connectivity index (χ0n) is 11.4. The van der Waals surface area contributed by atoms with Gasteiger partial charge in [0.05, 0.1) is 6.04 Å². The van der Waals surface area contributed by atoms with Crippen LogP contribution in [0.2, 0.25) is 0 Å². The molecule has 3 rings (SSSR count). The first-order chi connectivity index (χ1) is 8.74. The van der Waals surface area contributed by atoms with Crippen molar-refractivity contribution >= 4 is 11.3 Å². The zero-order chi connectivity index (χ0) is 12.5. The first-order valence-corrected chi connectivity index (χ1v) is 7.95. The fourth-order valence-corrected chi connectivity index (χ4v) is 3.73. The summed E-state index contributed by atoms with van der Waals surface area (Å²) in [5, 5.41) is 5.01. The summed E-state index contributed by atoms with van der Waals surface area (Å²) in [6, 6.07) is 1.20. The largest absolute Gasteiger partial charge is 0.312 e. The number of nitrogens with one attached hydrogen (secondary N) is 1. The summed E-state index contributed by atoms with van der Waals surface area (Å²) < 4.78 is 0. The van der Waals surface area contributed by atoms with Crippen molar-refractivity contribution in [2.75, 3.05) is 19.6 Å². The van der Waals surface area contributed by atoms with Gasteiger partial charge in [-0.2, -0.15) is 0 Å². The van der Waals surface area contributed by atoms with Gasteiger partial charge in [-0.3, -0.25) is 4.90 Å². The van der Waals surface area contributed by atoms with Crippen LogP contribution in [0.4, 0.5) is 0 Å². The number of hydrogen-bond donors (Lipinski definition) is 1. The minimum absolute atomic E-state index is 0.477. The third-order valence-electron chi connectivity index (χ3n) is 4.20. The van der Waals surface area contributed by atoms with Crippen LogP contribution in [0.15, 0.2) is 6.20 Å². The first-order valence-electron chi connectivity index (χ1n) is 7.14. The number of rotatable bonds is 3. The van der Waals surface area contributed by atoms with E-state index in [1.807, 2.05) is 17.5 Å². The fourth-order valence-electron chi connectivity index (χ4n) is 2.87. The predicted molar refractivity (Wildman–Crippen MR) is 76.0 cm³/mol. The normalized spacial score (nSPS) is 28.0. The SMILES string of the molecule is Cc1cnc(C(C)N2CCCNC(C3CC3)C2)s1. The van der Waals surface area contributed by atoms with E-state index in [9.17, 15) is 0 Å². The van der Waals surface area contributed by atoms with Gasteiger partial charge in [0.2, 0.25) is 0 Å². The van der Waals surface area contributed by atoms with Crippen LogP contribution in [0, 0.1) is 12.8 Å². The Morgan fingerprint density at radius 2 is 2.33 bits per heavy atom. The van der Waals surface area contributed by atoms with Crippen molar-refractivity contribution in [3.8, 4) is 0 Å². The maximum absolute atomic E-state index is 4.56. The van der Waals surface area contributed by atoms with Crippen LogP contribution >= 0.6 is 11.3 Å². The molecule has 1 saturated carbocycles. The van der Waals surface area contributed by atoms with Gasteiger partial charge in [0.15, 0.2) is 0 Å². The summed E-state index contributed by atoms with van der Waals surface area (Å²) in [4.78, 5) is 8.51. The quantitative estimate of drug-likeness (QED) is 0.910. The average Bonchev–Trinajstić information content (AvgIpc) is 3.14. The van der Waals surface area contributed by atoms with Gasteiger partial charge in [-0.15, -0.1) is 11.3 Å². The molecule has 2 heterocycles. The maximum atomic E-state index is 4.56. The van der Waals surface area contributed by atoms with E-state index in [0.29, 0.717) is 6.04 Å². The molecule has 0 radical (unpaired) electrons. The van der Waals surface area contributed by atoms with Crippen molar-refractivity contribution in [3.63, 3.8) is 0 Å². The molecule has 1 N–H and O–H groups in total. The smallest absolute Gasteiger partial charge is 0.110 e. The number of thiazole rings is 1. The molecule has 2 fully saturated rings. The van der Waals surface area contributed by atoms with Crippen LogP contribution in [-0.2, 0) is 0 Å². The van der Waals surface area contributed by atoms with Crippen molar-refractivity contribution in [2.45, 2.75) is 45.2 Å². The molecule has 1 aliphatic carbocycles. The lowest BCUT2D eigenvalue weighted by Crippen LogP contribution is -2.40. The molecular formula is C14H23N3S. The van der Waals surface area contributed by atoms with Crippen LogP contribution in [0.5, 0.6) is 0 Å². The number of aromatic nitrogens is 1. The van der Waals surface area contributed by atoms with Crippen molar-refractivity contribution < 1.29 is 0 Å². The lowest BCUT2D eigenvalue weighted by molar-refractivity contribution is 0.200. The summed E-state index contributed by atoms with van der Waals surface area (Å²) in [6.45, 7) is 8.04.